The van der Waals surface area contributed by atoms with Gasteiger partial charge in [0.2, 0.25) is 5.91 Å². The quantitative estimate of drug-likeness (QED) is 0.493. The van der Waals surface area contributed by atoms with Crippen molar-refractivity contribution in [3.05, 3.63) is 34.3 Å². The van der Waals surface area contributed by atoms with Gasteiger partial charge in [-0.3, -0.25) is 9.79 Å². The molecule has 0 aromatic heterocycles. The molecule has 0 spiro atoms. The number of amides is 1. The molecule has 1 aliphatic carbocycles. The predicted molar refractivity (Wildman–Crippen MR) is 117 cm³/mol. The maximum Gasteiger partial charge on any atom is 0.244 e. The van der Waals surface area contributed by atoms with Crippen LogP contribution in [0.4, 0.5) is 0 Å². The van der Waals surface area contributed by atoms with E-state index in [1.807, 2.05) is 25.1 Å². The summed E-state index contributed by atoms with van der Waals surface area (Å²) in [6.45, 7) is 11.1. The van der Waals surface area contributed by atoms with E-state index >= 15 is 0 Å². The number of nitrogens with one attached hydrogen (secondary N) is 1. The summed E-state index contributed by atoms with van der Waals surface area (Å²) >= 11 is 6.05. The van der Waals surface area contributed by atoms with Crippen LogP contribution in [0.2, 0.25) is 5.02 Å². The van der Waals surface area contributed by atoms with Crippen LogP contribution in [0.5, 0.6) is 0 Å². The van der Waals surface area contributed by atoms with Gasteiger partial charge in [0.25, 0.3) is 0 Å². The number of rotatable bonds is 6. The molecule has 1 aromatic rings. The lowest BCUT2D eigenvalue weighted by Crippen LogP contribution is -2.58. The zero-order valence-electron chi connectivity index (χ0n) is 17.8. The third kappa shape index (κ3) is 5.48. The highest BCUT2D eigenvalue weighted by Crippen LogP contribution is 2.46. The van der Waals surface area contributed by atoms with Crippen LogP contribution in [0.25, 0.3) is 0 Å². The molecule has 0 heterocycles. The smallest absolute Gasteiger partial charge is 0.244 e. The van der Waals surface area contributed by atoms with Crippen LogP contribution < -0.4 is 16.8 Å². The Morgan fingerprint density at radius 3 is 2.46 bits per heavy atom. The first-order valence-electron chi connectivity index (χ1n) is 10.0. The Balaban J connectivity index is 2.07. The van der Waals surface area contributed by atoms with Crippen LogP contribution in [-0.2, 0) is 11.3 Å². The molecule has 5 N–H and O–H groups in total. The van der Waals surface area contributed by atoms with Crippen LogP contribution in [0.1, 0.15) is 64.5 Å². The number of hydrogen-bond acceptors (Lipinski definition) is 3. The van der Waals surface area contributed by atoms with E-state index in [-0.39, 0.29) is 28.6 Å². The van der Waals surface area contributed by atoms with E-state index in [9.17, 15) is 4.79 Å². The zero-order chi connectivity index (χ0) is 21.1. The minimum atomic E-state index is -0.955. The van der Waals surface area contributed by atoms with Gasteiger partial charge in [-0.05, 0) is 47.8 Å². The molecule has 1 amide bonds. The first-order chi connectivity index (χ1) is 12.9. The second-order valence-electron chi connectivity index (χ2n) is 9.47. The number of hydrogen-bond donors (Lipinski definition) is 3. The minimum Gasteiger partial charge on any atom is -0.386 e. The van der Waals surface area contributed by atoms with Crippen molar-refractivity contribution < 1.29 is 4.79 Å². The number of amidine groups is 1. The summed E-state index contributed by atoms with van der Waals surface area (Å²) in [6.07, 6.45) is 4.64. The highest BCUT2D eigenvalue weighted by atomic mass is 35.5. The third-order valence-electron chi connectivity index (χ3n) is 5.86. The van der Waals surface area contributed by atoms with Crippen molar-refractivity contribution in [3.63, 3.8) is 0 Å². The Kier molecular flexibility index (Phi) is 7.16. The van der Waals surface area contributed by atoms with Crippen LogP contribution in [-0.4, -0.2) is 23.8 Å². The fraction of sp³-hybridized carbons (Fsp3) is 0.636. The fourth-order valence-electron chi connectivity index (χ4n) is 4.36. The van der Waals surface area contributed by atoms with Gasteiger partial charge in [-0.2, -0.15) is 0 Å². The largest absolute Gasteiger partial charge is 0.386 e. The van der Waals surface area contributed by atoms with Crippen LogP contribution >= 0.6 is 11.6 Å². The molecule has 0 bridgehead atoms. The van der Waals surface area contributed by atoms with Crippen LogP contribution in [0, 0.1) is 17.8 Å². The summed E-state index contributed by atoms with van der Waals surface area (Å²) in [6, 6.07) is 4.77. The number of carbonyl (C=O) groups excluding carboxylic acids is 1. The highest BCUT2D eigenvalue weighted by Gasteiger charge is 2.44. The molecule has 1 saturated carbocycles. The van der Waals surface area contributed by atoms with Gasteiger partial charge in [0.05, 0.1) is 6.54 Å². The van der Waals surface area contributed by atoms with Crippen molar-refractivity contribution in [1.82, 2.24) is 5.32 Å². The number of benzene rings is 1. The highest BCUT2D eigenvalue weighted by molar-refractivity contribution is 6.31. The van der Waals surface area contributed by atoms with E-state index in [4.69, 9.17) is 23.1 Å². The summed E-state index contributed by atoms with van der Waals surface area (Å²) in [7, 11) is 0. The van der Waals surface area contributed by atoms with Gasteiger partial charge in [-0.25, -0.2) is 0 Å². The van der Waals surface area contributed by atoms with Gasteiger partial charge >= 0.3 is 0 Å². The van der Waals surface area contributed by atoms with Crippen molar-refractivity contribution >= 4 is 23.3 Å². The van der Waals surface area contributed by atoms with Gasteiger partial charge in [0, 0.05) is 11.1 Å². The lowest BCUT2D eigenvalue weighted by atomic mass is 9.68. The summed E-state index contributed by atoms with van der Waals surface area (Å²) < 4.78 is 0. The van der Waals surface area contributed by atoms with E-state index < -0.39 is 6.04 Å². The molecular weight excluding hydrogens is 372 g/mol. The van der Waals surface area contributed by atoms with Crippen molar-refractivity contribution in [2.45, 2.75) is 78.9 Å². The lowest BCUT2D eigenvalue weighted by Gasteiger charge is -2.43. The molecule has 28 heavy (non-hydrogen) atoms. The number of aryl methyl sites for hydroxylation is 1. The van der Waals surface area contributed by atoms with Gasteiger partial charge in [-0.15, -0.1) is 0 Å². The second-order valence-corrected chi connectivity index (χ2v) is 9.88. The van der Waals surface area contributed by atoms with Crippen molar-refractivity contribution in [2.24, 2.45) is 27.3 Å². The van der Waals surface area contributed by atoms with E-state index in [1.165, 1.54) is 12.8 Å². The Morgan fingerprint density at radius 1 is 1.32 bits per heavy atom. The van der Waals surface area contributed by atoms with Gasteiger partial charge in [-0.1, -0.05) is 64.3 Å². The second kappa shape index (κ2) is 8.83. The van der Waals surface area contributed by atoms with Gasteiger partial charge in [0.1, 0.15) is 11.9 Å². The molecule has 0 saturated heterocycles. The number of nitrogens with zero attached hydrogens (tertiary/aromatic N) is 1. The summed E-state index contributed by atoms with van der Waals surface area (Å²) in [4.78, 5) is 17.2. The van der Waals surface area contributed by atoms with E-state index in [0.717, 1.165) is 24.0 Å². The first kappa shape index (κ1) is 22.7. The van der Waals surface area contributed by atoms with Crippen molar-refractivity contribution in [2.75, 3.05) is 0 Å². The molecule has 2 rings (SSSR count). The normalized spacial score (nSPS) is 19.3. The zero-order valence-corrected chi connectivity index (χ0v) is 18.6. The monoisotopic (exact) mass is 406 g/mol. The van der Waals surface area contributed by atoms with Crippen molar-refractivity contribution in [1.29, 1.82) is 0 Å². The molecule has 6 heteroatoms. The number of carbonyl (C=O) groups is 1. The molecule has 0 aliphatic heterocycles. The lowest BCUT2D eigenvalue weighted by molar-refractivity contribution is -0.123. The Hall–Kier alpha value is -1.59. The number of aliphatic imine (C=N–C) groups is 1. The average molecular weight is 407 g/mol. The third-order valence-corrected chi connectivity index (χ3v) is 6.29. The molecule has 1 fully saturated rings. The van der Waals surface area contributed by atoms with E-state index in [0.29, 0.717) is 11.6 Å². The molecule has 2 unspecified atom stereocenters. The topological polar surface area (TPSA) is 93.5 Å². The van der Waals surface area contributed by atoms with E-state index in [2.05, 4.69) is 38.0 Å². The standard InChI is InChI=1S/C22H35ClN4O/c1-14-12-15(8-9-16(14)23)13-26-18(25)17(24)19(28)27-20(21(2,3)4)22(5)10-6-7-11-22/h8-9,12,17,20H,6-7,10-11,13,24H2,1-5H3,(H2,25,26)(H,27,28). The number of nitrogens with two attached hydrogens (primary N) is 2. The summed E-state index contributed by atoms with van der Waals surface area (Å²) in [5.41, 5.74) is 14.1. The summed E-state index contributed by atoms with van der Waals surface area (Å²) in [5, 5.41) is 3.91. The predicted octanol–water partition coefficient (Wildman–Crippen LogP) is 3.94. The summed E-state index contributed by atoms with van der Waals surface area (Å²) in [5.74, 6) is -0.115. The Morgan fingerprint density at radius 2 is 1.93 bits per heavy atom. The Bertz CT molecular complexity index is 733. The maximum atomic E-state index is 12.8. The van der Waals surface area contributed by atoms with Crippen LogP contribution in [0.15, 0.2) is 23.2 Å². The first-order valence-corrected chi connectivity index (χ1v) is 10.4. The van der Waals surface area contributed by atoms with Gasteiger partial charge in [0.15, 0.2) is 0 Å². The van der Waals surface area contributed by atoms with E-state index in [1.54, 1.807) is 0 Å². The minimum absolute atomic E-state index is 0.0350. The molecule has 1 aromatic carbocycles. The molecule has 1 aliphatic rings. The molecule has 0 radical (unpaired) electrons. The molecule has 2 atom stereocenters. The molecule has 5 nitrogen and oxygen atoms in total. The maximum absolute atomic E-state index is 12.8. The fourth-order valence-corrected chi connectivity index (χ4v) is 4.48. The van der Waals surface area contributed by atoms with Gasteiger partial charge < -0.3 is 16.8 Å². The molecular formula is C22H35ClN4O. The average Bonchev–Trinajstić information content (AvgIpc) is 3.05. The Labute approximate surface area is 174 Å². The van der Waals surface area contributed by atoms with Crippen LogP contribution in [0.3, 0.4) is 0 Å². The number of halogens is 1. The SMILES string of the molecule is Cc1cc(CN=C(N)C(N)C(=O)NC(C(C)(C)C)C2(C)CCCC2)ccc1Cl. The molecule has 156 valence electrons. The van der Waals surface area contributed by atoms with Crippen molar-refractivity contribution in [3.8, 4) is 0 Å².